The van der Waals surface area contributed by atoms with E-state index in [9.17, 15) is 18.0 Å². The van der Waals surface area contributed by atoms with Crippen LogP contribution in [0, 0.1) is 6.92 Å². The van der Waals surface area contributed by atoms with Gasteiger partial charge in [-0.05, 0) is 38.8 Å². The summed E-state index contributed by atoms with van der Waals surface area (Å²) in [6.45, 7) is 7.13. The van der Waals surface area contributed by atoms with Crippen molar-refractivity contribution < 1.29 is 22.7 Å². The number of aryl methyl sites for hydroxylation is 1. The van der Waals surface area contributed by atoms with Crippen LogP contribution in [0.3, 0.4) is 0 Å². The fraction of sp³-hybridized carbons (Fsp3) is 0.600. The number of alkyl halides is 3. The topological polar surface area (TPSA) is 66.0 Å². The van der Waals surface area contributed by atoms with Crippen LogP contribution in [-0.4, -0.2) is 55.7 Å². The van der Waals surface area contributed by atoms with E-state index in [4.69, 9.17) is 4.74 Å². The molecule has 0 radical (unpaired) electrons. The number of carbonyl (C=O) groups is 1. The number of aliphatic imine (C=N–C) groups is 1. The molecule has 1 rings (SSSR count). The molecule has 1 unspecified atom stereocenters. The van der Waals surface area contributed by atoms with E-state index in [2.05, 4.69) is 15.6 Å². The molecular formula is C20H31F3N4O2. The van der Waals surface area contributed by atoms with Gasteiger partial charge in [-0.1, -0.05) is 19.1 Å². The van der Waals surface area contributed by atoms with Crippen molar-refractivity contribution in [3.05, 3.63) is 29.3 Å². The van der Waals surface area contributed by atoms with Crippen LogP contribution in [0.5, 0.6) is 5.75 Å². The summed E-state index contributed by atoms with van der Waals surface area (Å²) in [7, 11) is 1.12. The quantitative estimate of drug-likeness (QED) is 0.479. The molecule has 1 amide bonds. The summed E-state index contributed by atoms with van der Waals surface area (Å²) in [5.74, 6) is 0.417. The van der Waals surface area contributed by atoms with Gasteiger partial charge in [0.05, 0.1) is 19.2 Å². The second-order valence-corrected chi connectivity index (χ2v) is 6.86. The molecule has 2 N–H and O–H groups in total. The number of guanidine groups is 1. The summed E-state index contributed by atoms with van der Waals surface area (Å²) in [4.78, 5) is 17.0. The molecular weight excluding hydrogens is 385 g/mol. The van der Waals surface area contributed by atoms with E-state index in [0.717, 1.165) is 30.3 Å². The number of hydrogen-bond acceptors (Lipinski definition) is 3. The van der Waals surface area contributed by atoms with Gasteiger partial charge in [0.1, 0.15) is 12.3 Å². The number of amides is 1. The Bertz CT molecular complexity index is 693. The molecule has 29 heavy (non-hydrogen) atoms. The van der Waals surface area contributed by atoms with Gasteiger partial charge in [0.25, 0.3) is 0 Å². The van der Waals surface area contributed by atoms with Gasteiger partial charge in [0.15, 0.2) is 5.96 Å². The van der Waals surface area contributed by atoms with Crippen LogP contribution in [0.1, 0.15) is 38.3 Å². The van der Waals surface area contributed by atoms with Gasteiger partial charge in [0, 0.05) is 19.2 Å². The van der Waals surface area contributed by atoms with Gasteiger partial charge < -0.3 is 20.3 Å². The third-order valence-corrected chi connectivity index (χ3v) is 4.13. The van der Waals surface area contributed by atoms with E-state index in [0.29, 0.717) is 23.9 Å². The van der Waals surface area contributed by atoms with Gasteiger partial charge in [-0.3, -0.25) is 4.79 Å². The molecule has 1 aromatic carbocycles. The first kappa shape index (κ1) is 24.6. The SMILES string of the molecule is CCNC(=NCc1ccc(C)cc1OC(C)CC)NCC(=O)N(C)CC(F)(F)F. The molecule has 0 aromatic heterocycles. The molecule has 164 valence electrons. The van der Waals surface area contributed by atoms with Crippen LogP contribution in [0.15, 0.2) is 23.2 Å². The van der Waals surface area contributed by atoms with Crippen molar-refractivity contribution in [2.24, 2.45) is 4.99 Å². The average Bonchev–Trinajstić information content (AvgIpc) is 2.63. The predicted molar refractivity (Wildman–Crippen MR) is 108 cm³/mol. The van der Waals surface area contributed by atoms with E-state index in [-0.39, 0.29) is 12.6 Å². The predicted octanol–water partition coefficient (Wildman–Crippen LogP) is 3.25. The van der Waals surface area contributed by atoms with E-state index < -0.39 is 18.6 Å². The smallest absolute Gasteiger partial charge is 0.406 e. The molecule has 0 heterocycles. The van der Waals surface area contributed by atoms with Crippen LogP contribution >= 0.6 is 0 Å². The summed E-state index contributed by atoms with van der Waals surface area (Å²) < 4.78 is 43.2. The zero-order chi connectivity index (χ0) is 22.0. The lowest BCUT2D eigenvalue weighted by atomic mass is 10.1. The highest BCUT2D eigenvalue weighted by Gasteiger charge is 2.31. The zero-order valence-electron chi connectivity index (χ0n) is 17.7. The third kappa shape index (κ3) is 9.54. The van der Waals surface area contributed by atoms with Crippen molar-refractivity contribution >= 4 is 11.9 Å². The molecule has 0 saturated carbocycles. The number of benzene rings is 1. The fourth-order valence-electron chi connectivity index (χ4n) is 2.36. The minimum absolute atomic E-state index is 0.0627. The van der Waals surface area contributed by atoms with E-state index >= 15 is 0 Å². The van der Waals surface area contributed by atoms with E-state index in [1.165, 1.54) is 0 Å². The highest BCUT2D eigenvalue weighted by atomic mass is 19.4. The van der Waals surface area contributed by atoms with Crippen molar-refractivity contribution in [2.75, 3.05) is 26.7 Å². The molecule has 9 heteroatoms. The number of rotatable bonds is 9. The van der Waals surface area contributed by atoms with Gasteiger partial charge in [-0.25, -0.2) is 4.99 Å². The summed E-state index contributed by atoms with van der Waals surface area (Å²) in [5.41, 5.74) is 1.95. The van der Waals surface area contributed by atoms with Crippen molar-refractivity contribution in [1.29, 1.82) is 0 Å². The fourth-order valence-corrected chi connectivity index (χ4v) is 2.36. The first-order valence-electron chi connectivity index (χ1n) is 9.64. The third-order valence-electron chi connectivity index (χ3n) is 4.13. The van der Waals surface area contributed by atoms with Gasteiger partial charge in [0.2, 0.25) is 5.91 Å². The number of halogens is 3. The Kier molecular flexibility index (Phi) is 9.77. The lowest BCUT2D eigenvalue weighted by Gasteiger charge is -2.20. The number of nitrogens with zero attached hydrogens (tertiary/aromatic N) is 2. The molecule has 0 spiro atoms. The van der Waals surface area contributed by atoms with Crippen LogP contribution in [0.2, 0.25) is 0 Å². The van der Waals surface area contributed by atoms with Crippen LogP contribution in [-0.2, 0) is 11.3 Å². The molecule has 0 aliphatic carbocycles. The summed E-state index contributed by atoms with van der Waals surface area (Å²) >= 11 is 0. The first-order valence-corrected chi connectivity index (χ1v) is 9.64. The Balaban J connectivity index is 2.81. The highest BCUT2D eigenvalue weighted by Crippen LogP contribution is 2.23. The molecule has 1 atom stereocenters. The minimum Gasteiger partial charge on any atom is -0.490 e. The molecule has 0 aliphatic rings. The number of likely N-dealkylation sites (N-methyl/N-ethyl adjacent to an activating group) is 1. The Morgan fingerprint density at radius 1 is 1.28 bits per heavy atom. The Labute approximate surface area is 170 Å². The number of nitrogens with one attached hydrogen (secondary N) is 2. The number of ether oxygens (including phenoxy) is 1. The van der Waals surface area contributed by atoms with Crippen LogP contribution in [0.25, 0.3) is 0 Å². The molecule has 0 fully saturated rings. The van der Waals surface area contributed by atoms with Crippen molar-refractivity contribution in [3.8, 4) is 5.75 Å². The highest BCUT2D eigenvalue weighted by molar-refractivity contribution is 5.86. The summed E-state index contributed by atoms with van der Waals surface area (Å²) in [6, 6.07) is 5.85. The zero-order valence-corrected chi connectivity index (χ0v) is 17.7. The lowest BCUT2D eigenvalue weighted by Crippen LogP contribution is -2.45. The average molecular weight is 416 g/mol. The maximum atomic E-state index is 12.4. The second-order valence-electron chi connectivity index (χ2n) is 6.86. The Morgan fingerprint density at radius 3 is 2.55 bits per heavy atom. The van der Waals surface area contributed by atoms with Gasteiger partial charge in [-0.2, -0.15) is 13.2 Å². The molecule has 1 aromatic rings. The summed E-state index contributed by atoms with van der Waals surface area (Å²) in [6.07, 6.45) is -3.50. The maximum absolute atomic E-state index is 12.4. The standard InChI is InChI=1S/C20H31F3N4O2/c1-6-15(4)29-17-10-14(3)8-9-16(17)11-25-19(24-7-2)26-12-18(28)27(5)13-20(21,22)23/h8-10,15H,6-7,11-13H2,1-5H3,(H2,24,25,26). The first-order chi connectivity index (χ1) is 13.6. The van der Waals surface area contributed by atoms with Crippen molar-refractivity contribution in [1.82, 2.24) is 15.5 Å². The van der Waals surface area contributed by atoms with Crippen molar-refractivity contribution in [3.63, 3.8) is 0 Å². The van der Waals surface area contributed by atoms with Crippen LogP contribution < -0.4 is 15.4 Å². The molecule has 0 saturated heterocycles. The molecule has 0 aliphatic heterocycles. The largest absolute Gasteiger partial charge is 0.490 e. The molecule has 6 nitrogen and oxygen atoms in total. The second kappa shape index (κ2) is 11.5. The van der Waals surface area contributed by atoms with Crippen molar-refractivity contribution in [2.45, 2.75) is 52.9 Å². The maximum Gasteiger partial charge on any atom is 0.406 e. The van der Waals surface area contributed by atoms with Gasteiger partial charge >= 0.3 is 6.18 Å². The lowest BCUT2D eigenvalue weighted by molar-refractivity contribution is -0.157. The Morgan fingerprint density at radius 2 is 1.97 bits per heavy atom. The van der Waals surface area contributed by atoms with Gasteiger partial charge in [-0.15, -0.1) is 0 Å². The van der Waals surface area contributed by atoms with E-state index in [1.807, 2.05) is 45.9 Å². The van der Waals surface area contributed by atoms with Crippen LogP contribution in [0.4, 0.5) is 13.2 Å². The van der Waals surface area contributed by atoms with E-state index in [1.54, 1.807) is 0 Å². The molecule has 0 bridgehead atoms. The normalized spacial score (nSPS) is 13.0. The Hall–Kier alpha value is -2.45. The minimum atomic E-state index is -4.43. The number of carbonyl (C=O) groups excluding carboxylic acids is 1. The summed E-state index contributed by atoms with van der Waals surface area (Å²) in [5, 5.41) is 5.76. The monoisotopic (exact) mass is 416 g/mol. The number of hydrogen-bond donors (Lipinski definition) is 2.